The average molecular weight is 246 g/mol. The van der Waals surface area contributed by atoms with Crippen LogP contribution in [-0.4, -0.2) is 15.0 Å². The second kappa shape index (κ2) is 3.90. The Labute approximate surface area is 108 Å². The van der Waals surface area contributed by atoms with Crippen LogP contribution >= 0.6 is 0 Å². The lowest BCUT2D eigenvalue weighted by molar-refractivity contribution is 0.400. The summed E-state index contributed by atoms with van der Waals surface area (Å²) in [6.45, 7) is 6.35. The standard InChI is InChI=1S/C14H22N4/c1-14(2,3)12-16-11(17-13(15)18-12)10-7-8-4-5-9(10)6-8/h8-10H,4-7H2,1-3H3,(H2,15,16,17,18). The monoisotopic (exact) mass is 246 g/mol. The molecule has 0 spiro atoms. The minimum Gasteiger partial charge on any atom is -0.368 e. The van der Waals surface area contributed by atoms with Crippen LogP contribution in [0.4, 0.5) is 5.95 Å². The molecular weight excluding hydrogens is 224 g/mol. The van der Waals surface area contributed by atoms with Gasteiger partial charge in [-0.05, 0) is 31.1 Å². The quantitative estimate of drug-likeness (QED) is 0.827. The van der Waals surface area contributed by atoms with E-state index in [0.717, 1.165) is 23.5 Å². The highest BCUT2D eigenvalue weighted by Crippen LogP contribution is 2.52. The van der Waals surface area contributed by atoms with Gasteiger partial charge in [-0.15, -0.1) is 0 Å². The number of fused-ring (bicyclic) bond motifs is 2. The highest BCUT2D eigenvalue weighted by atomic mass is 15.1. The Bertz CT molecular complexity index is 463. The van der Waals surface area contributed by atoms with Crippen molar-refractivity contribution in [2.75, 3.05) is 5.73 Å². The van der Waals surface area contributed by atoms with Crippen LogP contribution in [0, 0.1) is 11.8 Å². The molecule has 2 saturated carbocycles. The van der Waals surface area contributed by atoms with Crippen molar-refractivity contribution < 1.29 is 0 Å². The Morgan fingerprint density at radius 2 is 1.83 bits per heavy atom. The number of nitrogen functional groups attached to an aromatic ring is 1. The lowest BCUT2D eigenvalue weighted by atomic mass is 9.88. The maximum absolute atomic E-state index is 5.86. The van der Waals surface area contributed by atoms with Gasteiger partial charge in [-0.3, -0.25) is 0 Å². The van der Waals surface area contributed by atoms with Crippen LogP contribution in [0.15, 0.2) is 0 Å². The van der Waals surface area contributed by atoms with Gasteiger partial charge in [0.1, 0.15) is 11.6 Å². The van der Waals surface area contributed by atoms with Crippen molar-refractivity contribution in [2.24, 2.45) is 11.8 Å². The molecule has 0 aromatic carbocycles. The van der Waals surface area contributed by atoms with Crippen molar-refractivity contribution in [3.05, 3.63) is 11.6 Å². The van der Waals surface area contributed by atoms with Gasteiger partial charge in [0.15, 0.2) is 0 Å². The van der Waals surface area contributed by atoms with E-state index in [0.29, 0.717) is 11.9 Å². The molecule has 0 aliphatic heterocycles. The third-order valence-electron chi connectivity index (χ3n) is 4.41. The molecule has 3 rings (SSSR count). The van der Waals surface area contributed by atoms with Gasteiger partial charge in [0.25, 0.3) is 0 Å². The molecule has 3 atom stereocenters. The van der Waals surface area contributed by atoms with Crippen molar-refractivity contribution in [1.29, 1.82) is 0 Å². The predicted octanol–water partition coefficient (Wildman–Crippen LogP) is 2.65. The van der Waals surface area contributed by atoms with E-state index in [9.17, 15) is 0 Å². The molecule has 2 N–H and O–H groups in total. The Balaban J connectivity index is 1.95. The Morgan fingerprint density at radius 1 is 1.06 bits per heavy atom. The Hall–Kier alpha value is -1.19. The summed E-state index contributed by atoms with van der Waals surface area (Å²) in [5.41, 5.74) is 5.79. The van der Waals surface area contributed by atoms with Crippen molar-refractivity contribution in [1.82, 2.24) is 15.0 Å². The molecule has 2 aliphatic rings. The van der Waals surface area contributed by atoms with Gasteiger partial charge in [-0.1, -0.05) is 27.2 Å². The van der Waals surface area contributed by atoms with E-state index in [2.05, 4.69) is 30.7 Å². The van der Waals surface area contributed by atoms with Crippen LogP contribution in [0.1, 0.15) is 64.0 Å². The zero-order valence-corrected chi connectivity index (χ0v) is 11.5. The van der Waals surface area contributed by atoms with Gasteiger partial charge < -0.3 is 5.73 Å². The molecular formula is C14H22N4. The van der Waals surface area contributed by atoms with E-state index in [1.807, 2.05) is 0 Å². The van der Waals surface area contributed by atoms with E-state index in [4.69, 9.17) is 10.7 Å². The lowest BCUT2D eigenvalue weighted by Gasteiger charge is -2.23. The molecule has 1 aromatic rings. The number of nitrogens with two attached hydrogens (primary N) is 1. The molecule has 0 amide bonds. The number of aromatic nitrogens is 3. The zero-order valence-electron chi connectivity index (χ0n) is 11.5. The van der Waals surface area contributed by atoms with Crippen LogP contribution in [-0.2, 0) is 5.41 Å². The largest absolute Gasteiger partial charge is 0.368 e. The van der Waals surface area contributed by atoms with E-state index in [-0.39, 0.29) is 5.41 Å². The highest BCUT2D eigenvalue weighted by Gasteiger charge is 2.42. The van der Waals surface area contributed by atoms with Crippen molar-refractivity contribution in [3.63, 3.8) is 0 Å². The summed E-state index contributed by atoms with van der Waals surface area (Å²) >= 11 is 0. The van der Waals surface area contributed by atoms with Gasteiger partial charge in [-0.25, -0.2) is 4.98 Å². The average Bonchev–Trinajstić information content (AvgIpc) is 2.88. The fraction of sp³-hybridized carbons (Fsp3) is 0.786. The first-order chi connectivity index (χ1) is 8.43. The molecule has 3 unspecified atom stereocenters. The zero-order chi connectivity index (χ0) is 12.9. The van der Waals surface area contributed by atoms with Crippen LogP contribution in [0.2, 0.25) is 0 Å². The molecule has 2 bridgehead atoms. The SMILES string of the molecule is CC(C)(C)c1nc(N)nc(C2CC3CCC2C3)n1. The van der Waals surface area contributed by atoms with Crippen LogP contribution in [0.25, 0.3) is 0 Å². The van der Waals surface area contributed by atoms with Crippen molar-refractivity contribution >= 4 is 5.95 Å². The summed E-state index contributed by atoms with van der Waals surface area (Å²) in [4.78, 5) is 13.4. The second-order valence-electron chi connectivity index (χ2n) is 6.91. The van der Waals surface area contributed by atoms with Crippen LogP contribution in [0.5, 0.6) is 0 Å². The number of hydrogen-bond acceptors (Lipinski definition) is 4. The Morgan fingerprint density at radius 3 is 2.39 bits per heavy atom. The first-order valence-electron chi connectivity index (χ1n) is 6.95. The first kappa shape index (κ1) is 11.9. The maximum Gasteiger partial charge on any atom is 0.223 e. The van der Waals surface area contributed by atoms with Gasteiger partial charge in [0.2, 0.25) is 5.95 Å². The van der Waals surface area contributed by atoms with E-state index < -0.39 is 0 Å². The molecule has 0 saturated heterocycles. The fourth-order valence-electron chi connectivity index (χ4n) is 3.47. The van der Waals surface area contributed by atoms with Crippen LogP contribution in [0.3, 0.4) is 0 Å². The molecule has 2 aliphatic carbocycles. The van der Waals surface area contributed by atoms with Crippen molar-refractivity contribution in [2.45, 2.75) is 57.8 Å². The summed E-state index contributed by atoms with van der Waals surface area (Å²) in [5, 5.41) is 0. The summed E-state index contributed by atoms with van der Waals surface area (Å²) < 4.78 is 0. The van der Waals surface area contributed by atoms with E-state index in [1.165, 1.54) is 25.7 Å². The van der Waals surface area contributed by atoms with Gasteiger partial charge in [0, 0.05) is 11.3 Å². The summed E-state index contributed by atoms with van der Waals surface area (Å²) in [6, 6.07) is 0. The van der Waals surface area contributed by atoms with Gasteiger partial charge >= 0.3 is 0 Å². The lowest BCUT2D eigenvalue weighted by Crippen LogP contribution is -2.22. The molecule has 1 heterocycles. The second-order valence-corrected chi connectivity index (χ2v) is 6.91. The number of rotatable bonds is 1. The van der Waals surface area contributed by atoms with Crippen molar-refractivity contribution in [3.8, 4) is 0 Å². The minimum atomic E-state index is -0.0660. The molecule has 4 nitrogen and oxygen atoms in total. The normalized spacial score (nSPS) is 30.9. The predicted molar refractivity (Wildman–Crippen MR) is 71.1 cm³/mol. The van der Waals surface area contributed by atoms with Gasteiger partial charge in [-0.2, -0.15) is 9.97 Å². The number of nitrogens with zero attached hydrogens (tertiary/aromatic N) is 3. The minimum absolute atomic E-state index is 0.0660. The maximum atomic E-state index is 5.86. The highest BCUT2D eigenvalue weighted by molar-refractivity contribution is 5.21. The third-order valence-corrected chi connectivity index (χ3v) is 4.41. The molecule has 4 heteroatoms. The number of hydrogen-bond donors (Lipinski definition) is 1. The molecule has 0 radical (unpaired) electrons. The molecule has 98 valence electrons. The molecule has 2 fully saturated rings. The third kappa shape index (κ3) is 1.98. The summed E-state index contributed by atoms with van der Waals surface area (Å²) in [6.07, 6.45) is 5.35. The topological polar surface area (TPSA) is 64.7 Å². The number of anilines is 1. The fourth-order valence-corrected chi connectivity index (χ4v) is 3.47. The molecule has 18 heavy (non-hydrogen) atoms. The summed E-state index contributed by atoms with van der Waals surface area (Å²) in [5.74, 6) is 4.36. The smallest absolute Gasteiger partial charge is 0.223 e. The van der Waals surface area contributed by atoms with E-state index >= 15 is 0 Å². The Kier molecular flexibility index (Phi) is 2.57. The van der Waals surface area contributed by atoms with Crippen LogP contribution < -0.4 is 5.73 Å². The van der Waals surface area contributed by atoms with Gasteiger partial charge in [0.05, 0.1) is 0 Å². The first-order valence-corrected chi connectivity index (χ1v) is 6.95. The van der Waals surface area contributed by atoms with E-state index in [1.54, 1.807) is 0 Å². The summed E-state index contributed by atoms with van der Waals surface area (Å²) in [7, 11) is 0. The molecule has 1 aromatic heterocycles.